The molecular weight excluding hydrogens is 365 g/mol. The first-order chi connectivity index (χ1) is 13.5. The zero-order chi connectivity index (χ0) is 19.8. The molecule has 1 aliphatic carbocycles. The molecule has 4 amide bonds. The molecule has 9 heteroatoms. The third kappa shape index (κ3) is 3.17. The molecule has 2 aliphatic heterocycles. The van der Waals surface area contributed by atoms with E-state index < -0.39 is 24.2 Å². The second-order valence-electron chi connectivity index (χ2n) is 7.06. The van der Waals surface area contributed by atoms with E-state index in [4.69, 9.17) is 0 Å². The lowest BCUT2D eigenvalue weighted by Crippen LogP contribution is -2.53. The monoisotopic (exact) mass is 385 g/mol. The fraction of sp³-hybridized carbons (Fsp3) is 0.421. The van der Waals surface area contributed by atoms with Crippen LogP contribution in [0.5, 0.6) is 0 Å². The number of alkyl halides is 1. The quantitative estimate of drug-likeness (QED) is 0.792. The Labute approximate surface area is 161 Å². The van der Waals surface area contributed by atoms with Crippen LogP contribution in [0.4, 0.5) is 9.18 Å². The summed E-state index contributed by atoms with van der Waals surface area (Å²) in [6, 6.07) is 0.348. The summed E-state index contributed by atoms with van der Waals surface area (Å²) in [6.45, 7) is 2.63. The van der Waals surface area contributed by atoms with Gasteiger partial charge in [0.15, 0.2) is 0 Å². The SMILES string of the molecule is CC(C(=O)N1CCC(N2C(=O)N=C3C=CC(F)C=C3C2=O)CC1)n1cccn1. The number of carbonyl (C=O) groups excluding carboxylic acids is 3. The minimum absolute atomic E-state index is 0.0563. The molecule has 0 radical (unpaired) electrons. The van der Waals surface area contributed by atoms with Gasteiger partial charge in [-0.25, -0.2) is 9.18 Å². The number of nitrogens with zero attached hydrogens (tertiary/aromatic N) is 5. The third-order valence-electron chi connectivity index (χ3n) is 5.33. The Kier molecular flexibility index (Phi) is 4.66. The highest BCUT2D eigenvalue weighted by Crippen LogP contribution is 2.26. The maximum atomic E-state index is 13.6. The molecule has 28 heavy (non-hydrogen) atoms. The summed E-state index contributed by atoms with van der Waals surface area (Å²) in [5.41, 5.74) is 0.334. The number of amides is 4. The number of piperidine rings is 1. The molecular formula is C19H20FN5O3. The molecule has 0 bridgehead atoms. The lowest BCUT2D eigenvalue weighted by atomic mass is 9.96. The predicted molar refractivity (Wildman–Crippen MR) is 98.3 cm³/mol. The van der Waals surface area contributed by atoms with Crippen LogP contribution in [0.1, 0.15) is 25.8 Å². The number of aliphatic imine (C=N–C) groups is 1. The standard InChI is InChI=1S/C19H20FN5O3/c1-12(24-8-2-7-21-24)17(26)23-9-5-14(6-10-23)25-18(27)15-11-13(20)3-4-16(15)22-19(25)28/h2-4,7-8,11-14H,5-6,9-10H2,1H3. The second-order valence-corrected chi connectivity index (χ2v) is 7.06. The van der Waals surface area contributed by atoms with E-state index in [-0.39, 0.29) is 23.2 Å². The highest BCUT2D eigenvalue weighted by molar-refractivity contribution is 6.33. The van der Waals surface area contributed by atoms with Gasteiger partial charge in [0.2, 0.25) is 5.91 Å². The van der Waals surface area contributed by atoms with E-state index in [9.17, 15) is 18.8 Å². The number of fused-ring (bicyclic) bond motifs is 1. The molecule has 0 N–H and O–H groups in total. The number of hydrogen-bond acceptors (Lipinski definition) is 4. The molecule has 0 aromatic carbocycles. The van der Waals surface area contributed by atoms with E-state index in [0.29, 0.717) is 25.9 Å². The summed E-state index contributed by atoms with van der Waals surface area (Å²) in [5, 5.41) is 4.10. The van der Waals surface area contributed by atoms with Crippen molar-refractivity contribution in [2.24, 2.45) is 4.99 Å². The summed E-state index contributed by atoms with van der Waals surface area (Å²) >= 11 is 0. The molecule has 4 rings (SSSR count). The van der Waals surface area contributed by atoms with Crippen LogP contribution in [-0.2, 0) is 9.59 Å². The molecule has 0 spiro atoms. The average molecular weight is 385 g/mol. The van der Waals surface area contributed by atoms with Crippen LogP contribution in [0.2, 0.25) is 0 Å². The Morgan fingerprint density at radius 3 is 2.71 bits per heavy atom. The van der Waals surface area contributed by atoms with Crippen molar-refractivity contribution < 1.29 is 18.8 Å². The summed E-state index contributed by atoms with van der Waals surface area (Å²) in [6.07, 6.45) is 6.72. The van der Waals surface area contributed by atoms with Crippen molar-refractivity contribution >= 4 is 23.6 Å². The number of hydrogen-bond donors (Lipinski definition) is 0. The molecule has 2 atom stereocenters. The Hall–Kier alpha value is -3.10. The summed E-state index contributed by atoms with van der Waals surface area (Å²) < 4.78 is 15.2. The van der Waals surface area contributed by atoms with Gasteiger partial charge >= 0.3 is 6.03 Å². The van der Waals surface area contributed by atoms with Gasteiger partial charge in [-0.3, -0.25) is 19.2 Å². The van der Waals surface area contributed by atoms with Gasteiger partial charge in [0.25, 0.3) is 5.91 Å². The van der Waals surface area contributed by atoms with Crippen LogP contribution in [-0.4, -0.2) is 68.4 Å². The topological polar surface area (TPSA) is 87.9 Å². The molecule has 0 saturated carbocycles. The Bertz CT molecular complexity index is 897. The smallest absolute Gasteiger partial charge is 0.341 e. The molecule has 1 fully saturated rings. The van der Waals surface area contributed by atoms with Gasteiger partial charge in [-0.15, -0.1) is 0 Å². The van der Waals surface area contributed by atoms with E-state index >= 15 is 0 Å². The molecule has 3 aliphatic rings. The molecule has 1 aromatic heterocycles. The highest BCUT2D eigenvalue weighted by atomic mass is 19.1. The first kappa shape index (κ1) is 18.3. The fourth-order valence-corrected chi connectivity index (χ4v) is 3.78. The maximum Gasteiger partial charge on any atom is 0.351 e. The third-order valence-corrected chi connectivity index (χ3v) is 5.33. The molecule has 1 saturated heterocycles. The van der Waals surface area contributed by atoms with Crippen LogP contribution < -0.4 is 0 Å². The number of likely N-dealkylation sites (tertiary alicyclic amines) is 1. The first-order valence-corrected chi connectivity index (χ1v) is 9.24. The molecule has 3 heterocycles. The van der Waals surface area contributed by atoms with Crippen molar-refractivity contribution in [1.82, 2.24) is 19.6 Å². The Morgan fingerprint density at radius 1 is 1.29 bits per heavy atom. The molecule has 8 nitrogen and oxygen atoms in total. The maximum absolute atomic E-state index is 13.6. The van der Waals surface area contributed by atoms with Crippen molar-refractivity contribution in [3.63, 3.8) is 0 Å². The van der Waals surface area contributed by atoms with E-state index in [2.05, 4.69) is 10.1 Å². The Balaban J connectivity index is 1.44. The average Bonchev–Trinajstić information content (AvgIpc) is 3.23. The van der Waals surface area contributed by atoms with Gasteiger partial charge in [0.05, 0.1) is 11.3 Å². The number of carbonyl (C=O) groups is 3. The summed E-state index contributed by atoms with van der Waals surface area (Å²) in [5.74, 6) is -0.573. The number of urea groups is 1. The number of allylic oxidation sites excluding steroid dienone is 3. The lowest BCUT2D eigenvalue weighted by molar-refractivity contribution is -0.136. The predicted octanol–water partition coefficient (Wildman–Crippen LogP) is 1.67. The number of rotatable bonds is 3. The lowest BCUT2D eigenvalue weighted by Gasteiger charge is -2.39. The molecule has 2 unspecified atom stereocenters. The van der Waals surface area contributed by atoms with Gasteiger partial charge in [-0.2, -0.15) is 10.1 Å². The van der Waals surface area contributed by atoms with E-state index in [1.165, 1.54) is 18.2 Å². The number of halogens is 1. The summed E-state index contributed by atoms with van der Waals surface area (Å²) in [7, 11) is 0. The zero-order valence-electron chi connectivity index (χ0n) is 15.4. The van der Waals surface area contributed by atoms with Gasteiger partial charge in [-0.1, -0.05) is 0 Å². The zero-order valence-corrected chi connectivity index (χ0v) is 15.4. The van der Waals surface area contributed by atoms with Crippen molar-refractivity contribution in [3.05, 3.63) is 42.3 Å². The minimum Gasteiger partial charge on any atom is -0.341 e. The molecule has 146 valence electrons. The second kappa shape index (κ2) is 7.14. The van der Waals surface area contributed by atoms with E-state index in [0.717, 1.165) is 4.90 Å². The van der Waals surface area contributed by atoms with Crippen molar-refractivity contribution in [2.75, 3.05) is 13.1 Å². The van der Waals surface area contributed by atoms with Gasteiger partial charge in [0.1, 0.15) is 12.2 Å². The van der Waals surface area contributed by atoms with E-state index in [1.54, 1.807) is 35.0 Å². The van der Waals surface area contributed by atoms with Crippen LogP contribution in [0, 0.1) is 0 Å². The first-order valence-electron chi connectivity index (χ1n) is 9.24. The number of imide groups is 1. The Morgan fingerprint density at radius 2 is 2.04 bits per heavy atom. The number of aromatic nitrogens is 2. The summed E-state index contributed by atoms with van der Waals surface area (Å²) in [4.78, 5) is 44.6. The van der Waals surface area contributed by atoms with Gasteiger partial charge in [0, 0.05) is 31.5 Å². The fourth-order valence-electron chi connectivity index (χ4n) is 3.78. The van der Waals surface area contributed by atoms with Crippen molar-refractivity contribution in [1.29, 1.82) is 0 Å². The van der Waals surface area contributed by atoms with Crippen LogP contribution in [0.25, 0.3) is 0 Å². The molecule has 1 aromatic rings. The van der Waals surface area contributed by atoms with Crippen LogP contribution in [0.3, 0.4) is 0 Å². The van der Waals surface area contributed by atoms with Crippen LogP contribution in [0.15, 0.2) is 47.3 Å². The highest BCUT2D eigenvalue weighted by Gasteiger charge is 2.40. The van der Waals surface area contributed by atoms with Gasteiger partial charge < -0.3 is 4.90 Å². The van der Waals surface area contributed by atoms with E-state index in [1.807, 2.05) is 0 Å². The van der Waals surface area contributed by atoms with Crippen molar-refractivity contribution in [3.8, 4) is 0 Å². The van der Waals surface area contributed by atoms with Crippen LogP contribution >= 0.6 is 0 Å². The minimum atomic E-state index is -1.36. The largest absolute Gasteiger partial charge is 0.351 e. The normalized spacial score (nSPS) is 24.0. The van der Waals surface area contributed by atoms with Crippen molar-refractivity contribution in [2.45, 2.75) is 38.0 Å². The van der Waals surface area contributed by atoms with Gasteiger partial charge in [-0.05, 0) is 44.1 Å².